The third kappa shape index (κ3) is 9.63. The summed E-state index contributed by atoms with van der Waals surface area (Å²) in [5.74, 6) is 5.14. The fourth-order valence-electron chi connectivity index (χ4n) is 10.4. The second kappa shape index (κ2) is 19.6. The number of likely N-dealkylation sites (N-methyl/N-ethyl adjacent to an activating group) is 1. The molecule has 71 heavy (non-hydrogen) atoms. The number of aromatic nitrogens is 1. The Morgan fingerprint density at radius 3 is 2.46 bits per heavy atom. The minimum Gasteiger partial charge on any atom is -0.507 e. The summed E-state index contributed by atoms with van der Waals surface area (Å²) in [6.07, 6.45) is -6.16. The van der Waals surface area contributed by atoms with Gasteiger partial charge in [0.15, 0.2) is 46.7 Å². The Labute approximate surface area is 415 Å². The van der Waals surface area contributed by atoms with Crippen LogP contribution < -0.4 is 24.3 Å². The molecule has 4 bridgehead atoms. The number of hydrogen-bond acceptors (Lipinski definition) is 18. The number of nitrogens with one attached hydrogen (secondary N) is 1. The van der Waals surface area contributed by atoms with Crippen molar-refractivity contribution in [3.8, 4) is 40.6 Å². The van der Waals surface area contributed by atoms with E-state index >= 15 is 0 Å². The second-order valence-corrected chi connectivity index (χ2v) is 19.8. The van der Waals surface area contributed by atoms with Gasteiger partial charge in [-0.05, 0) is 108 Å². The lowest BCUT2D eigenvalue weighted by Crippen LogP contribution is -2.57. The van der Waals surface area contributed by atoms with Crippen LogP contribution in [0.15, 0.2) is 53.6 Å². The highest BCUT2D eigenvalue weighted by molar-refractivity contribution is 6.30. The number of benzene rings is 2. The SMILES string of the molecule is COc1c(OC(C)C)cc2cc(O)c(C(=O)NC3Cc4ccc(c(Cl)n4)O[C@H]4C=C5C(=CC#C[C@@H]6OC56[C@@H]4O[C@H]4C[C@@](C)(O)C(O)[C@H](C)O4)C(O[C@H]4C[C@H](O)[C@H](N(C)C)[C@H](C)O4)COC3=O)cc2c1OC. The number of aromatic hydroxyl groups is 1. The number of halogens is 1. The average Bonchev–Trinajstić information content (AvgIpc) is 3.97. The lowest BCUT2D eigenvalue weighted by molar-refractivity contribution is -0.290. The van der Waals surface area contributed by atoms with E-state index in [-0.39, 0.29) is 65.1 Å². The molecular formula is C51H60ClN3O16. The molecule has 19 nitrogen and oxygen atoms in total. The summed E-state index contributed by atoms with van der Waals surface area (Å²) in [5, 5.41) is 48.2. The number of methoxy groups -OCH3 is 2. The van der Waals surface area contributed by atoms with Crippen LogP contribution in [0.25, 0.3) is 10.8 Å². The first-order valence-corrected chi connectivity index (χ1v) is 24.0. The summed E-state index contributed by atoms with van der Waals surface area (Å²) >= 11 is 6.86. The van der Waals surface area contributed by atoms with E-state index in [9.17, 15) is 30.0 Å². The number of aliphatic hydroxyl groups is 3. The van der Waals surface area contributed by atoms with Gasteiger partial charge in [0.2, 0.25) is 5.75 Å². The first-order valence-electron chi connectivity index (χ1n) is 23.6. The minimum atomic E-state index is -1.56. The lowest BCUT2D eigenvalue weighted by atomic mass is 9.87. The fraction of sp³-hybridized carbons (Fsp3) is 0.549. The van der Waals surface area contributed by atoms with E-state index in [0.717, 1.165) is 0 Å². The number of ether oxygens (including phenoxy) is 10. The molecule has 2 aromatic carbocycles. The topological polar surface area (TPSA) is 239 Å². The first-order chi connectivity index (χ1) is 33.7. The van der Waals surface area contributed by atoms with E-state index < -0.39 is 103 Å². The number of aliphatic hydroxyl groups excluding tert-OH is 2. The molecule has 4 unspecified atom stereocenters. The number of phenols is 1. The zero-order chi connectivity index (χ0) is 50.8. The third-order valence-corrected chi connectivity index (χ3v) is 14.1. The van der Waals surface area contributed by atoms with Crippen molar-refractivity contribution in [2.75, 3.05) is 34.9 Å². The molecule has 7 aliphatic rings. The van der Waals surface area contributed by atoms with Gasteiger partial charge in [0, 0.05) is 30.3 Å². The summed E-state index contributed by atoms with van der Waals surface area (Å²) in [6.45, 7) is 8.23. The Hall–Kier alpha value is -5.24. The van der Waals surface area contributed by atoms with Gasteiger partial charge in [0.05, 0.1) is 55.8 Å². The predicted octanol–water partition coefficient (Wildman–Crippen LogP) is 3.51. The number of esters is 1. The zero-order valence-corrected chi connectivity index (χ0v) is 41.6. The van der Waals surface area contributed by atoms with Crippen LogP contribution >= 0.6 is 11.6 Å². The number of rotatable bonds is 11. The maximum Gasteiger partial charge on any atom is 0.329 e. The minimum absolute atomic E-state index is 0.0646. The van der Waals surface area contributed by atoms with Gasteiger partial charge in [0.1, 0.15) is 42.8 Å². The number of epoxide rings is 1. The number of nitrogens with zero attached hydrogens (tertiary/aromatic N) is 2. The van der Waals surface area contributed by atoms with Gasteiger partial charge < -0.3 is 78.0 Å². The lowest BCUT2D eigenvalue weighted by Gasteiger charge is -2.43. The molecule has 2 aliphatic carbocycles. The number of carbonyl (C=O) groups excluding carboxylic acids is 2. The number of carbonyl (C=O) groups is 2. The predicted molar refractivity (Wildman–Crippen MR) is 253 cm³/mol. The highest BCUT2D eigenvalue weighted by Crippen LogP contribution is 2.57. The maximum atomic E-state index is 14.6. The Morgan fingerprint density at radius 1 is 1.04 bits per heavy atom. The molecule has 10 rings (SSSR count). The molecular weight excluding hydrogens is 946 g/mol. The van der Waals surface area contributed by atoms with E-state index in [1.165, 1.54) is 33.3 Å². The molecule has 1 spiro atoms. The molecule has 3 saturated heterocycles. The van der Waals surface area contributed by atoms with Crippen LogP contribution in [0.1, 0.15) is 63.5 Å². The van der Waals surface area contributed by atoms with Crippen LogP contribution in [0.5, 0.6) is 28.7 Å². The molecule has 5 aliphatic heterocycles. The van der Waals surface area contributed by atoms with E-state index in [0.29, 0.717) is 27.7 Å². The molecule has 0 saturated carbocycles. The van der Waals surface area contributed by atoms with Gasteiger partial charge in [-0.15, -0.1) is 0 Å². The van der Waals surface area contributed by atoms with Gasteiger partial charge in [-0.2, -0.15) is 0 Å². The standard InChI is InChI=1S/C51H60ClN3O16/c1-23(2)65-36-16-26-15-33(56)30(18-29(26)43(62-8)44(36)63-9)48(59)54-32-17-27-13-14-35(47(52)53-27)68-37-19-31-28(38(22-64-49(32)60)69-40-20-34(57)42(55(6)7)24(3)66-40)11-10-12-39-51(31,71-39)46(37)70-41-21-50(5,61)45(58)25(4)67-41/h11,13-16,18-19,23-25,32,34,37-42,45-46,56-58,61H,17,20-22H2,1-9H3,(H,54,59)/t24-,25-,32?,34-,37-,38?,39-,40-,41-,42+,45?,46+,50+,51?/m0/s1. The molecule has 1 aromatic heterocycles. The van der Waals surface area contributed by atoms with Crippen molar-refractivity contribution in [2.45, 2.75) is 145 Å². The summed E-state index contributed by atoms with van der Waals surface area (Å²) in [6, 6.07) is 5.89. The van der Waals surface area contributed by atoms with Crippen LogP contribution in [-0.2, 0) is 39.6 Å². The second-order valence-electron chi connectivity index (χ2n) is 19.5. The summed E-state index contributed by atoms with van der Waals surface area (Å²) in [4.78, 5) is 35.4. The van der Waals surface area contributed by atoms with Crippen LogP contribution in [0, 0.1) is 11.8 Å². The fourth-order valence-corrected chi connectivity index (χ4v) is 10.7. The number of phenolic OH excluding ortho intramolecular Hbond substituents is 1. The van der Waals surface area contributed by atoms with Crippen LogP contribution in [-0.4, -0.2) is 168 Å². The summed E-state index contributed by atoms with van der Waals surface area (Å²) in [7, 11) is 6.60. The molecule has 14 atom stereocenters. The molecule has 3 aromatic rings. The molecule has 382 valence electrons. The van der Waals surface area contributed by atoms with Crippen molar-refractivity contribution in [2.24, 2.45) is 0 Å². The first kappa shape index (κ1) is 50.7. The van der Waals surface area contributed by atoms with Gasteiger partial charge in [0.25, 0.3) is 5.91 Å². The maximum absolute atomic E-state index is 14.6. The number of amides is 1. The third-order valence-electron chi connectivity index (χ3n) is 13.8. The monoisotopic (exact) mass is 1010 g/mol. The van der Waals surface area contributed by atoms with E-state index in [1.54, 1.807) is 37.3 Å². The largest absolute Gasteiger partial charge is 0.507 e. The normalized spacial score (nSPS) is 34.3. The van der Waals surface area contributed by atoms with Crippen molar-refractivity contribution >= 4 is 34.2 Å². The van der Waals surface area contributed by atoms with Gasteiger partial charge in [-0.3, -0.25) is 4.79 Å². The smallest absolute Gasteiger partial charge is 0.329 e. The Morgan fingerprint density at radius 2 is 1.79 bits per heavy atom. The molecule has 5 N–H and O–H groups in total. The Kier molecular flexibility index (Phi) is 14.0. The number of allylic oxidation sites excluding steroid dienone is 1. The highest BCUT2D eigenvalue weighted by Gasteiger charge is 2.71. The van der Waals surface area contributed by atoms with Crippen LogP contribution in [0.2, 0.25) is 5.15 Å². The Balaban J connectivity index is 1.08. The van der Waals surface area contributed by atoms with E-state index in [2.05, 4.69) is 22.1 Å². The van der Waals surface area contributed by atoms with Gasteiger partial charge in [-0.1, -0.05) is 23.4 Å². The molecule has 20 heteroatoms. The van der Waals surface area contributed by atoms with Crippen molar-refractivity contribution in [1.29, 1.82) is 0 Å². The highest BCUT2D eigenvalue weighted by atomic mass is 35.5. The molecule has 6 heterocycles. The molecule has 1 amide bonds. The molecule has 3 fully saturated rings. The summed E-state index contributed by atoms with van der Waals surface area (Å²) in [5.41, 5.74) is -1.84. The number of pyridine rings is 1. The summed E-state index contributed by atoms with van der Waals surface area (Å²) < 4.78 is 62.5. The number of hydrogen-bond donors (Lipinski definition) is 5. The Bertz CT molecular complexity index is 2690. The van der Waals surface area contributed by atoms with E-state index in [4.69, 9.17) is 59.0 Å². The quantitative estimate of drug-likeness (QED) is 0.0800. The molecule has 0 radical (unpaired) electrons. The average molecular weight is 1010 g/mol. The van der Waals surface area contributed by atoms with Gasteiger partial charge in [-0.25, -0.2) is 9.78 Å². The van der Waals surface area contributed by atoms with Crippen molar-refractivity contribution in [3.63, 3.8) is 0 Å². The van der Waals surface area contributed by atoms with Crippen LogP contribution in [0.3, 0.4) is 0 Å². The van der Waals surface area contributed by atoms with Crippen molar-refractivity contribution in [3.05, 3.63) is 70.0 Å². The van der Waals surface area contributed by atoms with Crippen molar-refractivity contribution in [1.82, 2.24) is 15.2 Å². The van der Waals surface area contributed by atoms with Gasteiger partial charge >= 0.3 is 5.97 Å². The van der Waals surface area contributed by atoms with Crippen LogP contribution in [0.4, 0.5) is 0 Å². The van der Waals surface area contributed by atoms with E-state index in [1.807, 2.05) is 39.8 Å². The number of fused-ring (bicyclic) bond motifs is 8. The van der Waals surface area contributed by atoms with Crippen molar-refractivity contribution < 1.29 is 77.4 Å². The zero-order valence-electron chi connectivity index (χ0n) is 40.8.